The first kappa shape index (κ1) is 16.0. The highest BCUT2D eigenvalue weighted by molar-refractivity contribution is 5.98. The number of carbonyl (C=O) groups excluding carboxylic acids is 2. The van der Waals surface area contributed by atoms with Gasteiger partial charge in [0.05, 0.1) is 0 Å². The molecule has 0 saturated carbocycles. The van der Waals surface area contributed by atoms with Crippen LogP contribution in [0.1, 0.15) is 19.4 Å². The van der Waals surface area contributed by atoms with Crippen LogP contribution in [0.2, 0.25) is 0 Å². The topological polar surface area (TPSA) is 87.5 Å². The van der Waals surface area contributed by atoms with Crippen LogP contribution in [-0.4, -0.2) is 31.6 Å². The van der Waals surface area contributed by atoms with Gasteiger partial charge < -0.3 is 16.0 Å². The summed E-state index contributed by atoms with van der Waals surface area (Å²) in [4.78, 5) is 25.1. The minimum atomic E-state index is -0.503. The molecule has 1 aromatic carbocycles. The van der Waals surface area contributed by atoms with Crippen molar-refractivity contribution in [1.82, 2.24) is 10.6 Å². The van der Waals surface area contributed by atoms with Crippen LogP contribution in [0.5, 0.6) is 0 Å². The molecule has 0 radical (unpaired) electrons. The molecular formula is C14H22N4O2. The SMILES string of the molecule is CCN(c1ccc(CN)cc1)C(C)C(=O)NC(=O)NC. The number of rotatable bonds is 5. The van der Waals surface area contributed by atoms with Gasteiger partial charge in [0, 0.05) is 25.8 Å². The van der Waals surface area contributed by atoms with Gasteiger partial charge in [0.15, 0.2) is 0 Å². The Bertz CT molecular complexity index is 459. The molecule has 0 aliphatic carbocycles. The van der Waals surface area contributed by atoms with E-state index in [2.05, 4.69) is 10.6 Å². The average molecular weight is 278 g/mol. The first-order valence-corrected chi connectivity index (χ1v) is 6.61. The zero-order valence-electron chi connectivity index (χ0n) is 12.1. The van der Waals surface area contributed by atoms with E-state index in [1.54, 1.807) is 6.92 Å². The van der Waals surface area contributed by atoms with E-state index in [0.29, 0.717) is 13.1 Å². The fourth-order valence-electron chi connectivity index (χ4n) is 1.92. The van der Waals surface area contributed by atoms with Gasteiger partial charge in [0.2, 0.25) is 5.91 Å². The van der Waals surface area contributed by atoms with E-state index in [1.165, 1.54) is 7.05 Å². The summed E-state index contributed by atoms with van der Waals surface area (Å²) in [6, 6.07) is 6.77. The smallest absolute Gasteiger partial charge is 0.321 e. The number of hydrogen-bond donors (Lipinski definition) is 3. The van der Waals surface area contributed by atoms with E-state index >= 15 is 0 Å². The molecule has 0 saturated heterocycles. The van der Waals surface area contributed by atoms with Crippen molar-refractivity contribution in [3.8, 4) is 0 Å². The third-order valence-corrected chi connectivity index (χ3v) is 3.16. The van der Waals surface area contributed by atoms with Crippen molar-refractivity contribution in [2.45, 2.75) is 26.4 Å². The largest absolute Gasteiger partial charge is 0.360 e. The molecule has 3 amide bonds. The van der Waals surface area contributed by atoms with Crippen molar-refractivity contribution in [3.63, 3.8) is 0 Å². The quantitative estimate of drug-likeness (QED) is 0.744. The molecule has 0 bridgehead atoms. The molecule has 0 spiro atoms. The summed E-state index contributed by atoms with van der Waals surface area (Å²) >= 11 is 0. The van der Waals surface area contributed by atoms with E-state index < -0.39 is 12.1 Å². The number of imide groups is 1. The molecule has 6 nitrogen and oxygen atoms in total. The summed E-state index contributed by atoms with van der Waals surface area (Å²) in [5.74, 6) is -0.339. The van der Waals surface area contributed by atoms with Crippen LogP contribution in [0.4, 0.5) is 10.5 Å². The van der Waals surface area contributed by atoms with Crippen LogP contribution in [0.25, 0.3) is 0 Å². The lowest BCUT2D eigenvalue weighted by molar-refractivity contribution is -0.120. The molecule has 0 fully saturated rings. The molecule has 1 atom stereocenters. The number of benzene rings is 1. The molecule has 0 heterocycles. The number of hydrogen-bond acceptors (Lipinski definition) is 4. The van der Waals surface area contributed by atoms with Crippen molar-refractivity contribution in [2.75, 3.05) is 18.5 Å². The van der Waals surface area contributed by atoms with Gasteiger partial charge in [0.1, 0.15) is 6.04 Å². The van der Waals surface area contributed by atoms with Crippen LogP contribution in [0.3, 0.4) is 0 Å². The van der Waals surface area contributed by atoms with Crippen molar-refractivity contribution in [2.24, 2.45) is 5.73 Å². The molecule has 6 heteroatoms. The van der Waals surface area contributed by atoms with Crippen molar-refractivity contribution in [1.29, 1.82) is 0 Å². The third-order valence-electron chi connectivity index (χ3n) is 3.16. The van der Waals surface area contributed by atoms with Crippen molar-refractivity contribution >= 4 is 17.6 Å². The molecule has 0 aromatic heterocycles. The summed E-state index contributed by atoms with van der Waals surface area (Å²) in [7, 11) is 1.47. The van der Waals surface area contributed by atoms with Crippen LogP contribution < -0.4 is 21.3 Å². The number of urea groups is 1. The fourth-order valence-corrected chi connectivity index (χ4v) is 1.92. The number of nitrogens with two attached hydrogens (primary N) is 1. The summed E-state index contributed by atoms with van der Waals surface area (Å²) in [6.45, 7) is 4.86. The second kappa shape index (κ2) is 7.49. The highest BCUT2D eigenvalue weighted by Gasteiger charge is 2.21. The van der Waals surface area contributed by atoms with Crippen molar-refractivity contribution in [3.05, 3.63) is 29.8 Å². The van der Waals surface area contributed by atoms with Gasteiger partial charge in [-0.05, 0) is 31.5 Å². The van der Waals surface area contributed by atoms with Gasteiger partial charge in [-0.25, -0.2) is 4.79 Å². The Kier molecular flexibility index (Phi) is 5.99. The molecule has 0 aliphatic heterocycles. The maximum absolute atomic E-state index is 12.0. The molecule has 20 heavy (non-hydrogen) atoms. The monoisotopic (exact) mass is 278 g/mol. The van der Waals surface area contributed by atoms with Crippen LogP contribution >= 0.6 is 0 Å². The zero-order valence-corrected chi connectivity index (χ0v) is 12.1. The lowest BCUT2D eigenvalue weighted by Gasteiger charge is -2.29. The van der Waals surface area contributed by atoms with Crippen molar-refractivity contribution < 1.29 is 9.59 Å². The van der Waals surface area contributed by atoms with E-state index in [0.717, 1.165) is 11.3 Å². The highest BCUT2D eigenvalue weighted by Crippen LogP contribution is 2.17. The predicted octanol–water partition coefficient (Wildman–Crippen LogP) is 0.816. The van der Waals surface area contributed by atoms with E-state index in [-0.39, 0.29) is 5.91 Å². The molecule has 110 valence electrons. The minimum absolute atomic E-state index is 0.339. The number of carbonyl (C=O) groups is 2. The van der Waals surface area contributed by atoms with E-state index in [1.807, 2.05) is 36.1 Å². The van der Waals surface area contributed by atoms with E-state index in [4.69, 9.17) is 5.73 Å². The Morgan fingerprint density at radius 1 is 1.30 bits per heavy atom. The molecule has 1 aromatic rings. The first-order chi connectivity index (χ1) is 9.53. The van der Waals surface area contributed by atoms with Gasteiger partial charge >= 0.3 is 6.03 Å². The highest BCUT2D eigenvalue weighted by atomic mass is 16.2. The predicted molar refractivity (Wildman–Crippen MR) is 79.4 cm³/mol. The van der Waals surface area contributed by atoms with Gasteiger partial charge in [-0.15, -0.1) is 0 Å². The van der Waals surface area contributed by atoms with E-state index in [9.17, 15) is 9.59 Å². The Morgan fingerprint density at radius 3 is 2.35 bits per heavy atom. The Balaban J connectivity index is 2.82. The summed E-state index contributed by atoms with van der Waals surface area (Å²) in [5.41, 5.74) is 7.52. The maximum Gasteiger partial charge on any atom is 0.321 e. The molecule has 0 aliphatic rings. The summed E-state index contributed by atoms with van der Waals surface area (Å²) < 4.78 is 0. The Labute approximate surface area is 119 Å². The molecule has 1 unspecified atom stereocenters. The minimum Gasteiger partial charge on any atom is -0.360 e. The van der Waals surface area contributed by atoms with Crippen LogP contribution in [0.15, 0.2) is 24.3 Å². The molecule has 1 rings (SSSR count). The second-order valence-electron chi connectivity index (χ2n) is 4.40. The van der Waals surface area contributed by atoms with Gasteiger partial charge in [0.25, 0.3) is 0 Å². The first-order valence-electron chi connectivity index (χ1n) is 6.61. The average Bonchev–Trinajstić information content (AvgIpc) is 2.48. The molecular weight excluding hydrogens is 256 g/mol. The van der Waals surface area contributed by atoms with Gasteiger partial charge in [-0.1, -0.05) is 12.1 Å². The molecule has 4 N–H and O–H groups in total. The maximum atomic E-state index is 12.0. The number of likely N-dealkylation sites (N-methyl/N-ethyl adjacent to an activating group) is 1. The number of amides is 3. The Hall–Kier alpha value is -2.08. The lowest BCUT2D eigenvalue weighted by Crippen LogP contribution is -2.49. The summed E-state index contributed by atoms with van der Waals surface area (Å²) in [6.07, 6.45) is 0. The number of anilines is 1. The normalized spacial score (nSPS) is 11.6. The van der Waals surface area contributed by atoms with Crippen LogP contribution in [0, 0.1) is 0 Å². The fraction of sp³-hybridized carbons (Fsp3) is 0.429. The number of nitrogens with one attached hydrogen (secondary N) is 2. The van der Waals surface area contributed by atoms with Gasteiger partial charge in [-0.2, -0.15) is 0 Å². The third kappa shape index (κ3) is 3.96. The zero-order chi connectivity index (χ0) is 15.1. The standard InChI is InChI=1S/C14H22N4O2/c1-4-18(10(2)13(19)17-14(20)16-3)12-7-5-11(9-15)6-8-12/h5-8,10H,4,9,15H2,1-3H3,(H2,16,17,19,20). The second-order valence-corrected chi connectivity index (χ2v) is 4.40. The van der Waals surface area contributed by atoms with Gasteiger partial charge in [-0.3, -0.25) is 10.1 Å². The van der Waals surface area contributed by atoms with Crippen LogP contribution in [-0.2, 0) is 11.3 Å². The Morgan fingerprint density at radius 2 is 1.90 bits per heavy atom. The summed E-state index contributed by atoms with van der Waals surface area (Å²) in [5, 5.41) is 4.65. The lowest BCUT2D eigenvalue weighted by atomic mass is 10.1. The number of nitrogens with zero attached hydrogens (tertiary/aromatic N) is 1.